The zero-order chi connectivity index (χ0) is 31.4. The lowest BCUT2D eigenvalue weighted by Gasteiger charge is -2.38. The second-order valence-corrected chi connectivity index (χ2v) is 11.0. The van der Waals surface area contributed by atoms with E-state index in [0.717, 1.165) is 6.42 Å². The average molecular weight is 638 g/mol. The zero-order valence-electron chi connectivity index (χ0n) is 24.0. The summed E-state index contributed by atoms with van der Waals surface area (Å²) < 4.78 is 3.17. The van der Waals surface area contributed by atoms with Crippen molar-refractivity contribution in [1.29, 1.82) is 5.41 Å². The van der Waals surface area contributed by atoms with Crippen LogP contribution in [0.2, 0.25) is 10.2 Å². The maximum atomic E-state index is 13.8. The number of amides is 3. The molecule has 1 aromatic carbocycles. The second kappa shape index (κ2) is 13.3. The number of benzene rings is 1. The van der Waals surface area contributed by atoms with E-state index in [4.69, 9.17) is 28.6 Å². The van der Waals surface area contributed by atoms with Crippen LogP contribution < -0.4 is 15.5 Å². The van der Waals surface area contributed by atoms with E-state index in [0.29, 0.717) is 39.9 Å². The summed E-state index contributed by atoms with van der Waals surface area (Å²) in [6, 6.07) is 5.60. The lowest BCUT2D eigenvalue weighted by molar-refractivity contribution is -0.145. The maximum Gasteiger partial charge on any atom is 0.247 e. The van der Waals surface area contributed by atoms with Gasteiger partial charge in [-0.25, -0.2) is 4.68 Å². The number of aromatic nitrogens is 5. The largest absolute Gasteiger partial charge is 0.393 e. The first-order chi connectivity index (χ1) is 21.2. The highest BCUT2D eigenvalue weighted by Gasteiger charge is 2.39. The molecule has 0 saturated carbocycles. The van der Waals surface area contributed by atoms with Crippen molar-refractivity contribution < 1.29 is 14.4 Å². The summed E-state index contributed by atoms with van der Waals surface area (Å²) in [5.74, 6) is -1.34. The fourth-order valence-corrected chi connectivity index (χ4v) is 5.25. The molecule has 1 fully saturated rings. The van der Waals surface area contributed by atoms with Crippen LogP contribution in [0.15, 0.2) is 72.4 Å². The number of hydrogen-bond acceptors (Lipinski definition) is 8. The van der Waals surface area contributed by atoms with Crippen molar-refractivity contribution in [3.8, 4) is 5.69 Å². The van der Waals surface area contributed by atoms with Gasteiger partial charge in [0.25, 0.3) is 0 Å². The van der Waals surface area contributed by atoms with E-state index < -0.39 is 23.8 Å². The van der Waals surface area contributed by atoms with Crippen molar-refractivity contribution in [1.82, 2.24) is 40.3 Å². The summed E-state index contributed by atoms with van der Waals surface area (Å²) in [6.07, 6.45) is 10.8. The molecule has 1 saturated heterocycles. The number of allylic oxidation sites excluding steroid dienone is 4. The van der Waals surface area contributed by atoms with E-state index in [1.54, 1.807) is 60.4 Å². The van der Waals surface area contributed by atoms with Gasteiger partial charge in [0, 0.05) is 48.7 Å². The maximum absolute atomic E-state index is 13.8. The molecule has 3 amide bonds. The molecule has 1 aliphatic heterocycles. The van der Waals surface area contributed by atoms with Crippen LogP contribution in [0.3, 0.4) is 0 Å². The minimum atomic E-state index is -1.04. The highest BCUT2D eigenvalue weighted by atomic mass is 35.5. The fraction of sp³-hybridized carbons (Fsp3) is 0.276. The highest BCUT2D eigenvalue weighted by Crippen LogP contribution is 2.30. The lowest BCUT2D eigenvalue weighted by atomic mass is 10.0. The summed E-state index contributed by atoms with van der Waals surface area (Å²) >= 11 is 12.3. The first-order valence-electron chi connectivity index (χ1n) is 13.8. The Morgan fingerprint density at radius 3 is 2.68 bits per heavy atom. The molecule has 3 aromatic rings. The third kappa shape index (κ3) is 6.74. The molecule has 1 unspecified atom stereocenters. The predicted octanol–water partition coefficient (Wildman–Crippen LogP) is 2.66. The number of hydrogen-bond donors (Lipinski definition) is 3. The van der Waals surface area contributed by atoms with Gasteiger partial charge in [0.15, 0.2) is 5.15 Å². The van der Waals surface area contributed by atoms with Gasteiger partial charge in [0.2, 0.25) is 17.7 Å². The van der Waals surface area contributed by atoms with Gasteiger partial charge >= 0.3 is 0 Å². The molecule has 15 heteroatoms. The average Bonchev–Trinajstić information content (AvgIpc) is 3.63. The standard InChI is InChI=1S/C29H30Cl2N10O3/c1-3-9-38-10-8-21(36-38)13-25(29(44)34-20-5-6-22(32)18(11-20)14-33-2)40-17-27(42)39(16-28(40)43)24-12-19(30)4-7-23(24)41-15-26(31)35-37-41/h4-8,10-12,14-15,25,32-33H,3,9,13,16-17H2,1-2H3,(H,34,44)/b18-14-,32-22?. The van der Waals surface area contributed by atoms with Gasteiger partial charge in [-0.15, -0.1) is 5.10 Å². The minimum Gasteiger partial charge on any atom is -0.393 e. The number of nitrogens with zero attached hydrogens (tertiary/aromatic N) is 7. The number of piperazine rings is 1. The molecule has 0 spiro atoms. The van der Waals surface area contributed by atoms with Crippen LogP contribution in [0.4, 0.5) is 5.69 Å². The first-order valence-corrected chi connectivity index (χ1v) is 14.6. The molecule has 0 bridgehead atoms. The van der Waals surface area contributed by atoms with Gasteiger partial charge in [-0.2, -0.15) is 5.10 Å². The van der Waals surface area contributed by atoms with E-state index in [9.17, 15) is 14.4 Å². The normalized spacial score (nSPS) is 16.9. The van der Waals surface area contributed by atoms with E-state index in [2.05, 4.69) is 26.0 Å². The van der Waals surface area contributed by atoms with E-state index in [1.807, 2.05) is 13.1 Å². The van der Waals surface area contributed by atoms with Crippen molar-refractivity contribution in [3.63, 3.8) is 0 Å². The highest BCUT2D eigenvalue weighted by molar-refractivity contribution is 6.31. The Hall–Kier alpha value is -4.75. The van der Waals surface area contributed by atoms with Crippen LogP contribution in [0.25, 0.3) is 5.69 Å². The van der Waals surface area contributed by atoms with Crippen molar-refractivity contribution in [2.45, 2.75) is 32.4 Å². The Kier molecular flexibility index (Phi) is 9.26. The molecule has 3 heterocycles. The summed E-state index contributed by atoms with van der Waals surface area (Å²) in [6.45, 7) is 2.04. The van der Waals surface area contributed by atoms with Crippen LogP contribution >= 0.6 is 23.2 Å². The lowest BCUT2D eigenvalue weighted by Crippen LogP contribution is -2.60. The molecular formula is C29H30Cl2N10O3. The number of rotatable bonds is 10. The molecule has 228 valence electrons. The fourth-order valence-electron chi connectivity index (χ4n) is 4.95. The minimum absolute atomic E-state index is 0.0907. The van der Waals surface area contributed by atoms with Gasteiger partial charge in [0.1, 0.15) is 19.1 Å². The molecular weight excluding hydrogens is 607 g/mol. The number of carbonyl (C=O) groups is 3. The Balaban J connectivity index is 1.43. The third-order valence-electron chi connectivity index (χ3n) is 7.01. The van der Waals surface area contributed by atoms with Crippen molar-refractivity contribution >= 4 is 52.3 Å². The van der Waals surface area contributed by atoms with Crippen molar-refractivity contribution in [2.75, 3.05) is 25.0 Å². The van der Waals surface area contributed by atoms with Crippen LogP contribution in [-0.2, 0) is 27.3 Å². The summed E-state index contributed by atoms with van der Waals surface area (Å²) in [5.41, 5.74) is 2.70. The van der Waals surface area contributed by atoms with Gasteiger partial charge < -0.3 is 20.9 Å². The molecule has 1 aliphatic carbocycles. The first kappa shape index (κ1) is 30.7. The number of carbonyl (C=O) groups excluding carboxylic acids is 3. The molecule has 44 heavy (non-hydrogen) atoms. The SMILES string of the molecule is CCCn1ccc(CC(C(=O)NC2=C/C(=C/NC)C(=N)C=C2)N2CC(=O)N(c3cc(Cl)ccc3-n3cc(Cl)nn3)CC2=O)n1. The monoisotopic (exact) mass is 636 g/mol. The Morgan fingerprint density at radius 1 is 1.14 bits per heavy atom. The van der Waals surface area contributed by atoms with Crippen LogP contribution in [0.5, 0.6) is 0 Å². The third-order valence-corrected chi connectivity index (χ3v) is 7.42. The van der Waals surface area contributed by atoms with Gasteiger partial charge in [0.05, 0.1) is 29.0 Å². The number of nitrogens with one attached hydrogen (secondary N) is 3. The molecule has 2 aliphatic rings. The molecule has 2 aromatic heterocycles. The smallest absolute Gasteiger partial charge is 0.247 e. The second-order valence-electron chi connectivity index (χ2n) is 10.1. The van der Waals surface area contributed by atoms with Crippen LogP contribution in [-0.4, -0.2) is 79.3 Å². The molecule has 1 atom stereocenters. The van der Waals surface area contributed by atoms with Gasteiger partial charge in [-0.05, 0) is 48.9 Å². The predicted molar refractivity (Wildman–Crippen MR) is 166 cm³/mol. The summed E-state index contributed by atoms with van der Waals surface area (Å²) in [5, 5.41) is 26.7. The molecule has 13 nitrogen and oxygen atoms in total. The number of halogens is 2. The Morgan fingerprint density at radius 2 is 1.95 bits per heavy atom. The number of anilines is 1. The van der Waals surface area contributed by atoms with E-state index in [-0.39, 0.29) is 30.4 Å². The van der Waals surface area contributed by atoms with Crippen LogP contribution in [0.1, 0.15) is 19.0 Å². The van der Waals surface area contributed by atoms with Gasteiger partial charge in [-0.1, -0.05) is 35.3 Å². The van der Waals surface area contributed by atoms with Gasteiger partial charge in [-0.3, -0.25) is 24.0 Å². The van der Waals surface area contributed by atoms with E-state index >= 15 is 0 Å². The summed E-state index contributed by atoms with van der Waals surface area (Å²) in [7, 11) is 1.72. The molecule has 5 rings (SSSR count). The molecule has 0 radical (unpaired) electrons. The van der Waals surface area contributed by atoms with Crippen molar-refractivity contribution in [2.24, 2.45) is 0 Å². The summed E-state index contributed by atoms with van der Waals surface area (Å²) in [4.78, 5) is 43.8. The van der Waals surface area contributed by atoms with E-state index in [1.165, 1.54) is 20.7 Å². The zero-order valence-corrected chi connectivity index (χ0v) is 25.5. The number of aryl methyl sites for hydroxylation is 1. The van der Waals surface area contributed by atoms with Crippen LogP contribution in [0, 0.1) is 5.41 Å². The molecule has 3 N–H and O–H groups in total. The quantitative estimate of drug-likeness (QED) is 0.309. The topological polar surface area (TPSA) is 154 Å². The Bertz CT molecular complexity index is 1710. The van der Waals surface area contributed by atoms with Crippen molar-refractivity contribution in [3.05, 3.63) is 88.2 Å². The Labute approximate surface area is 263 Å².